The van der Waals surface area contributed by atoms with Gasteiger partial charge in [-0.2, -0.15) is 0 Å². The van der Waals surface area contributed by atoms with E-state index in [0.29, 0.717) is 12.3 Å². The Bertz CT molecular complexity index is 637. The molecule has 0 radical (unpaired) electrons. The topological polar surface area (TPSA) is 53.4 Å². The smallest absolute Gasteiger partial charge is 0.260 e. The third-order valence-electron chi connectivity index (χ3n) is 3.32. The Kier molecular flexibility index (Phi) is 4.35. The van der Waals surface area contributed by atoms with Crippen LogP contribution in [0.2, 0.25) is 0 Å². The number of hydrogen-bond acceptors (Lipinski definition) is 3. The van der Waals surface area contributed by atoms with E-state index >= 15 is 0 Å². The van der Waals surface area contributed by atoms with E-state index in [4.69, 9.17) is 10.1 Å². The van der Waals surface area contributed by atoms with Crippen LogP contribution in [0.1, 0.15) is 12.5 Å². The van der Waals surface area contributed by atoms with Crippen LogP contribution in [0.15, 0.2) is 36.4 Å². The van der Waals surface area contributed by atoms with Crippen molar-refractivity contribution in [2.45, 2.75) is 6.92 Å². The molecule has 4 heteroatoms. The number of fused-ring (bicyclic) bond motifs is 1. The van der Waals surface area contributed by atoms with Crippen molar-refractivity contribution >= 4 is 22.9 Å². The van der Waals surface area contributed by atoms with E-state index < -0.39 is 0 Å². The first-order valence-corrected chi connectivity index (χ1v) is 6.56. The Hall–Kier alpha value is -2.36. The second-order valence-corrected chi connectivity index (χ2v) is 4.54. The predicted octanol–water partition coefficient (Wildman–Crippen LogP) is 2.69. The fourth-order valence-electron chi connectivity index (χ4n) is 1.97. The SMILES string of the molecule is CCN(C)C(=O)COc1ccc(C=N)c2ccccc12. The summed E-state index contributed by atoms with van der Waals surface area (Å²) in [5.41, 5.74) is 0.838. The summed E-state index contributed by atoms with van der Waals surface area (Å²) in [6.45, 7) is 2.61. The molecule has 0 aliphatic carbocycles. The van der Waals surface area contributed by atoms with Crippen molar-refractivity contribution in [2.24, 2.45) is 0 Å². The molecule has 0 spiro atoms. The number of nitrogens with one attached hydrogen (secondary N) is 1. The molecule has 0 heterocycles. The van der Waals surface area contributed by atoms with Crippen molar-refractivity contribution in [2.75, 3.05) is 20.2 Å². The number of carbonyl (C=O) groups excluding carboxylic acids is 1. The lowest BCUT2D eigenvalue weighted by atomic mass is 10.0. The van der Waals surface area contributed by atoms with E-state index in [1.54, 1.807) is 11.9 Å². The molecule has 0 saturated carbocycles. The van der Waals surface area contributed by atoms with Gasteiger partial charge in [0.1, 0.15) is 5.75 Å². The first-order chi connectivity index (χ1) is 9.67. The highest BCUT2D eigenvalue weighted by atomic mass is 16.5. The quantitative estimate of drug-likeness (QED) is 0.849. The summed E-state index contributed by atoms with van der Waals surface area (Å²) in [6, 6.07) is 11.4. The van der Waals surface area contributed by atoms with Gasteiger partial charge >= 0.3 is 0 Å². The fourth-order valence-corrected chi connectivity index (χ4v) is 1.97. The van der Waals surface area contributed by atoms with Crippen LogP contribution >= 0.6 is 0 Å². The van der Waals surface area contributed by atoms with Gasteiger partial charge in [-0.3, -0.25) is 4.79 Å². The number of rotatable bonds is 5. The predicted molar refractivity (Wildman–Crippen MR) is 80.6 cm³/mol. The van der Waals surface area contributed by atoms with Crippen LogP contribution in [0.4, 0.5) is 0 Å². The molecule has 0 unspecified atom stereocenters. The maximum Gasteiger partial charge on any atom is 0.260 e. The lowest BCUT2D eigenvalue weighted by molar-refractivity contribution is -0.131. The average molecular weight is 270 g/mol. The molecule has 20 heavy (non-hydrogen) atoms. The number of ether oxygens (including phenoxy) is 1. The second-order valence-electron chi connectivity index (χ2n) is 4.54. The van der Waals surface area contributed by atoms with Gasteiger partial charge in [0.2, 0.25) is 0 Å². The molecule has 1 amide bonds. The fraction of sp³-hybridized carbons (Fsp3) is 0.250. The highest BCUT2D eigenvalue weighted by molar-refractivity contribution is 6.01. The summed E-state index contributed by atoms with van der Waals surface area (Å²) in [5.74, 6) is 0.622. The van der Waals surface area contributed by atoms with Crippen molar-refractivity contribution in [1.29, 1.82) is 5.41 Å². The molecule has 2 aromatic rings. The third-order valence-corrected chi connectivity index (χ3v) is 3.32. The van der Waals surface area contributed by atoms with Crippen molar-refractivity contribution < 1.29 is 9.53 Å². The Balaban J connectivity index is 2.27. The number of hydrogen-bond donors (Lipinski definition) is 1. The maximum absolute atomic E-state index is 11.8. The Morgan fingerprint density at radius 3 is 2.60 bits per heavy atom. The summed E-state index contributed by atoms with van der Waals surface area (Å²) in [7, 11) is 1.75. The molecular weight excluding hydrogens is 252 g/mol. The number of benzene rings is 2. The summed E-state index contributed by atoms with van der Waals surface area (Å²) in [5, 5.41) is 9.29. The Morgan fingerprint density at radius 1 is 1.25 bits per heavy atom. The molecule has 0 aromatic heterocycles. The number of nitrogens with zero attached hydrogens (tertiary/aromatic N) is 1. The van der Waals surface area contributed by atoms with Gasteiger partial charge in [-0.25, -0.2) is 0 Å². The first kappa shape index (κ1) is 14.1. The molecule has 0 aliphatic heterocycles. The minimum atomic E-state index is -0.0484. The minimum Gasteiger partial charge on any atom is -0.483 e. The molecule has 2 rings (SSSR count). The van der Waals surface area contributed by atoms with Crippen LogP contribution in [0.5, 0.6) is 5.75 Å². The van der Waals surface area contributed by atoms with Gasteiger partial charge in [0.15, 0.2) is 6.61 Å². The molecule has 0 fully saturated rings. The third kappa shape index (κ3) is 2.79. The van der Waals surface area contributed by atoms with Gasteiger partial charge in [-0.15, -0.1) is 0 Å². The molecule has 104 valence electrons. The van der Waals surface area contributed by atoms with Gasteiger partial charge in [0.05, 0.1) is 0 Å². The monoisotopic (exact) mass is 270 g/mol. The average Bonchev–Trinajstić information content (AvgIpc) is 2.51. The molecule has 0 atom stereocenters. The zero-order chi connectivity index (χ0) is 14.5. The van der Waals surface area contributed by atoms with Crippen molar-refractivity contribution in [1.82, 2.24) is 4.90 Å². The molecule has 0 saturated heterocycles. The molecule has 1 N–H and O–H groups in total. The lowest BCUT2D eigenvalue weighted by Gasteiger charge is -2.16. The standard InChI is InChI=1S/C16H18N2O2/c1-3-18(2)16(19)11-20-15-9-8-12(10-17)13-6-4-5-7-14(13)15/h4-10,17H,3,11H2,1-2H3. The summed E-state index contributed by atoms with van der Waals surface area (Å²) in [6.07, 6.45) is 1.32. The van der Waals surface area contributed by atoms with E-state index in [9.17, 15) is 4.79 Å². The number of amides is 1. The van der Waals surface area contributed by atoms with Crippen LogP contribution in [0.25, 0.3) is 10.8 Å². The Morgan fingerprint density at radius 2 is 1.95 bits per heavy atom. The van der Waals surface area contributed by atoms with Gasteiger partial charge < -0.3 is 15.0 Å². The lowest BCUT2D eigenvalue weighted by Crippen LogP contribution is -2.31. The summed E-state index contributed by atoms with van der Waals surface area (Å²) in [4.78, 5) is 13.4. The first-order valence-electron chi connectivity index (χ1n) is 6.56. The normalized spacial score (nSPS) is 10.3. The second kappa shape index (κ2) is 6.19. The zero-order valence-corrected chi connectivity index (χ0v) is 11.7. The van der Waals surface area contributed by atoms with Crippen LogP contribution in [0.3, 0.4) is 0 Å². The Labute approximate surface area is 118 Å². The van der Waals surface area contributed by atoms with Gasteiger partial charge in [0.25, 0.3) is 5.91 Å². The number of carbonyl (C=O) groups is 1. The van der Waals surface area contributed by atoms with Crippen molar-refractivity contribution in [3.05, 3.63) is 42.0 Å². The van der Waals surface area contributed by atoms with Crippen LogP contribution in [-0.4, -0.2) is 37.2 Å². The molecule has 0 bridgehead atoms. The highest BCUT2D eigenvalue weighted by Gasteiger charge is 2.10. The number of likely N-dealkylation sites (N-methyl/N-ethyl adjacent to an activating group) is 1. The van der Waals surface area contributed by atoms with Crippen LogP contribution in [0, 0.1) is 5.41 Å². The summed E-state index contributed by atoms with van der Waals surface area (Å²) < 4.78 is 5.64. The van der Waals surface area contributed by atoms with E-state index in [1.807, 2.05) is 43.3 Å². The zero-order valence-electron chi connectivity index (χ0n) is 11.7. The maximum atomic E-state index is 11.8. The van der Waals surface area contributed by atoms with Gasteiger partial charge in [0, 0.05) is 30.8 Å². The van der Waals surface area contributed by atoms with Crippen molar-refractivity contribution in [3.63, 3.8) is 0 Å². The highest BCUT2D eigenvalue weighted by Crippen LogP contribution is 2.27. The molecule has 0 aliphatic rings. The molecular formula is C16H18N2O2. The molecule has 2 aromatic carbocycles. The van der Waals surface area contributed by atoms with E-state index in [0.717, 1.165) is 16.3 Å². The largest absolute Gasteiger partial charge is 0.483 e. The van der Waals surface area contributed by atoms with Gasteiger partial charge in [-0.1, -0.05) is 24.3 Å². The molecule has 4 nitrogen and oxygen atoms in total. The van der Waals surface area contributed by atoms with Crippen LogP contribution < -0.4 is 4.74 Å². The van der Waals surface area contributed by atoms with E-state index in [-0.39, 0.29) is 12.5 Å². The van der Waals surface area contributed by atoms with Crippen LogP contribution in [-0.2, 0) is 4.79 Å². The van der Waals surface area contributed by atoms with Gasteiger partial charge in [-0.05, 0) is 24.4 Å². The van der Waals surface area contributed by atoms with E-state index in [2.05, 4.69) is 0 Å². The van der Waals surface area contributed by atoms with Crippen molar-refractivity contribution in [3.8, 4) is 5.75 Å². The van der Waals surface area contributed by atoms with E-state index in [1.165, 1.54) is 6.21 Å². The minimum absolute atomic E-state index is 0.0261. The summed E-state index contributed by atoms with van der Waals surface area (Å²) >= 11 is 0.